The second-order valence-corrected chi connectivity index (χ2v) is 12.1. The second kappa shape index (κ2) is 23.0. The van der Waals surface area contributed by atoms with Crippen molar-refractivity contribution >= 4 is 85.5 Å². The number of nitrogens with one attached hydrogen (secondary N) is 3. The summed E-state index contributed by atoms with van der Waals surface area (Å²) >= 11 is 6.21. The number of ether oxygens (including phenoxy) is 6. The summed E-state index contributed by atoms with van der Waals surface area (Å²) in [5.74, 6) is -1.72. The minimum Gasteiger partial charge on any atom is -0.382 e. The van der Waals surface area contributed by atoms with Crippen LogP contribution in [0.4, 0.5) is 0 Å². The highest BCUT2D eigenvalue weighted by Crippen LogP contribution is 2.44. The SMILES string of the molecule is C=C(C)C(=O)NC1=C(I)C(C(=O)NCCOCCOCCOC)=C(I)C(C(=O)NCCOCCOCCOC)C1I. The maximum absolute atomic E-state index is 13.3. The molecule has 12 nitrogen and oxygen atoms in total. The number of carbonyl (C=O) groups is 3. The van der Waals surface area contributed by atoms with Crippen molar-refractivity contribution in [3.63, 3.8) is 0 Å². The van der Waals surface area contributed by atoms with Gasteiger partial charge < -0.3 is 44.4 Å². The molecule has 0 aromatic rings. The molecule has 0 radical (unpaired) electrons. The molecule has 2 unspecified atom stereocenters. The fourth-order valence-corrected chi connectivity index (χ4v) is 8.35. The van der Waals surface area contributed by atoms with E-state index < -0.39 is 9.84 Å². The molecule has 3 amide bonds. The number of amides is 3. The van der Waals surface area contributed by atoms with Crippen LogP contribution in [0, 0.1) is 5.92 Å². The maximum Gasteiger partial charge on any atom is 0.253 e. The van der Waals surface area contributed by atoms with Gasteiger partial charge in [-0.3, -0.25) is 14.4 Å². The van der Waals surface area contributed by atoms with Gasteiger partial charge in [-0.25, -0.2) is 0 Å². The van der Waals surface area contributed by atoms with E-state index >= 15 is 0 Å². The molecule has 0 bridgehead atoms. The van der Waals surface area contributed by atoms with Gasteiger partial charge in [-0.15, -0.1) is 0 Å². The fourth-order valence-electron chi connectivity index (χ4n) is 3.23. The number of hydrogen-bond acceptors (Lipinski definition) is 9. The highest BCUT2D eigenvalue weighted by Gasteiger charge is 2.41. The van der Waals surface area contributed by atoms with Crippen molar-refractivity contribution in [1.29, 1.82) is 0 Å². The van der Waals surface area contributed by atoms with Crippen LogP contribution in [-0.4, -0.2) is 115 Å². The fraction of sp³-hybridized carbons (Fsp3) is 0.654. The zero-order valence-electron chi connectivity index (χ0n) is 23.7. The first-order valence-electron chi connectivity index (χ1n) is 12.9. The summed E-state index contributed by atoms with van der Waals surface area (Å²) in [6.07, 6.45) is 0. The van der Waals surface area contributed by atoms with Crippen molar-refractivity contribution in [3.8, 4) is 0 Å². The Labute approximate surface area is 282 Å². The highest BCUT2D eigenvalue weighted by atomic mass is 127. The van der Waals surface area contributed by atoms with Gasteiger partial charge in [-0.2, -0.15) is 0 Å². The molecule has 0 heterocycles. The lowest BCUT2D eigenvalue weighted by Crippen LogP contribution is -2.44. The number of halogens is 3. The third-order valence-electron chi connectivity index (χ3n) is 5.37. The van der Waals surface area contributed by atoms with Crippen molar-refractivity contribution in [1.82, 2.24) is 16.0 Å². The number of carbonyl (C=O) groups excluding carboxylic acids is 3. The van der Waals surface area contributed by atoms with Crippen LogP contribution in [0.5, 0.6) is 0 Å². The van der Waals surface area contributed by atoms with E-state index in [2.05, 4.69) is 45.1 Å². The van der Waals surface area contributed by atoms with Crippen LogP contribution >= 0.6 is 67.8 Å². The van der Waals surface area contributed by atoms with E-state index in [9.17, 15) is 14.4 Å². The van der Waals surface area contributed by atoms with Gasteiger partial charge in [0, 0.05) is 45.7 Å². The van der Waals surface area contributed by atoms with Gasteiger partial charge in [-0.1, -0.05) is 29.2 Å². The molecule has 0 aromatic heterocycles. The summed E-state index contributed by atoms with van der Waals surface area (Å²) in [5.41, 5.74) is 1.13. The van der Waals surface area contributed by atoms with Gasteiger partial charge in [0.05, 0.1) is 81.5 Å². The Kier molecular flexibility index (Phi) is 21.7. The van der Waals surface area contributed by atoms with E-state index in [0.29, 0.717) is 90.1 Å². The van der Waals surface area contributed by atoms with Crippen molar-refractivity contribution in [2.45, 2.75) is 10.8 Å². The quantitative estimate of drug-likeness (QED) is 0.0645. The van der Waals surface area contributed by atoms with E-state index in [1.807, 2.05) is 45.2 Å². The minimum absolute atomic E-state index is 0.263. The van der Waals surface area contributed by atoms with E-state index in [0.717, 1.165) is 0 Å². The summed E-state index contributed by atoms with van der Waals surface area (Å²) in [6.45, 7) is 10.1. The van der Waals surface area contributed by atoms with Crippen molar-refractivity contribution < 1.29 is 42.8 Å². The van der Waals surface area contributed by atoms with Crippen LogP contribution < -0.4 is 16.0 Å². The first-order chi connectivity index (χ1) is 19.7. The summed E-state index contributed by atoms with van der Waals surface area (Å²) in [6, 6.07) is 0. The topological polar surface area (TPSA) is 143 Å². The lowest BCUT2D eigenvalue weighted by atomic mass is 9.92. The maximum atomic E-state index is 13.3. The summed E-state index contributed by atoms with van der Waals surface area (Å²) in [4.78, 5) is 39.1. The van der Waals surface area contributed by atoms with Crippen molar-refractivity contribution in [2.75, 3.05) is 93.4 Å². The number of alkyl halides is 1. The molecule has 234 valence electrons. The Balaban J connectivity index is 2.82. The Bertz CT molecular complexity index is 931. The lowest BCUT2D eigenvalue weighted by Gasteiger charge is -2.31. The van der Waals surface area contributed by atoms with Gasteiger partial charge in [0.15, 0.2) is 0 Å². The molecule has 1 aliphatic rings. The molecule has 0 spiro atoms. The Morgan fingerprint density at radius 2 is 1.24 bits per heavy atom. The molecule has 0 aliphatic heterocycles. The Morgan fingerprint density at radius 1 is 0.780 bits per heavy atom. The molecule has 2 atom stereocenters. The number of allylic oxidation sites excluding steroid dienone is 1. The van der Waals surface area contributed by atoms with Gasteiger partial charge in [-0.05, 0) is 52.1 Å². The predicted molar refractivity (Wildman–Crippen MR) is 179 cm³/mol. The van der Waals surface area contributed by atoms with Gasteiger partial charge in [0.2, 0.25) is 5.91 Å². The van der Waals surface area contributed by atoms with Crippen LogP contribution in [0.1, 0.15) is 6.92 Å². The average Bonchev–Trinajstić information content (AvgIpc) is 2.93. The molecular weight excluding hydrogens is 879 g/mol. The van der Waals surface area contributed by atoms with Gasteiger partial charge in [0.1, 0.15) is 0 Å². The average molecular weight is 919 g/mol. The van der Waals surface area contributed by atoms with Crippen LogP contribution in [-0.2, 0) is 42.8 Å². The van der Waals surface area contributed by atoms with Crippen LogP contribution in [0.25, 0.3) is 0 Å². The van der Waals surface area contributed by atoms with Crippen molar-refractivity contribution in [2.24, 2.45) is 5.92 Å². The first-order valence-corrected chi connectivity index (χ1v) is 16.3. The molecule has 0 saturated carbocycles. The molecule has 41 heavy (non-hydrogen) atoms. The molecule has 0 fully saturated rings. The van der Waals surface area contributed by atoms with Crippen LogP contribution in [0.15, 0.2) is 30.6 Å². The van der Waals surface area contributed by atoms with Crippen molar-refractivity contribution in [3.05, 3.63) is 30.6 Å². The Morgan fingerprint density at radius 3 is 1.73 bits per heavy atom. The highest BCUT2D eigenvalue weighted by molar-refractivity contribution is 14.1. The molecular formula is C26H40I3N3O9. The molecule has 1 aliphatic carbocycles. The number of methoxy groups -OCH3 is 2. The molecule has 0 aromatic carbocycles. The monoisotopic (exact) mass is 919 g/mol. The summed E-state index contributed by atoms with van der Waals surface area (Å²) in [7, 11) is 3.21. The van der Waals surface area contributed by atoms with Crippen LogP contribution in [0.2, 0.25) is 0 Å². The third-order valence-corrected chi connectivity index (χ3v) is 9.04. The zero-order chi connectivity index (χ0) is 30.6. The summed E-state index contributed by atoms with van der Waals surface area (Å²) in [5, 5.41) is 8.59. The van der Waals surface area contributed by atoms with Gasteiger partial charge in [0.25, 0.3) is 11.8 Å². The normalized spacial score (nSPS) is 17.0. The van der Waals surface area contributed by atoms with Gasteiger partial charge >= 0.3 is 0 Å². The summed E-state index contributed by atoms with van der Waals surface area (Å²) < 4.78 is 32.3. The molecule has 15 heteroatoms. The Hall–Kier alpha value is -0.420. The number of hydrogen-bond donors (Lipinski definition) is 3. The molecule has 3 N–H and O–H groups in total. The smallest absolute Gasteiger partial charge is 0.253 e. The molecule has 1 rings (SSSR count). The van der Waals surface area contributed by atoms with E-state index in [1.165, 1.54) is 0 Å². The standard InChI is InChI=1S/C26H40I3N3O9/c1-17(2)24(33)32-23-21(28)18(25(34)30-5-7-38-13-15-40-11-9-36-3)20(27)19(22(23)29)26(35)31-6-8-39-14-16-41-12-10-37-4/h18,21H,1,5-16H2,2-4H3,(H,30,34)(H,31,35)(H,32,33). The van der Waals surface area contributed by atoms with E-state index in [4.69, 9.17) is 28.4 Å². The third kappa shape index (κ3) is 14.7. The lowest BCUT2D eigenvalue weighted by molar-refractivity contribution is -0.124. The zero-order valence-corrected chi connectivity index (χ0v) is 30.1. The minimum atomic E-state index is -0.700. The van der Waals surface area contributed by atoms with E-state index in [-0.39, 0.29) is 30.8 Å². The largest absolute Gasteiger partial charge is 0.382 e. The predicted octanol–water partition coefficient (Wildman–Crippen LogP) is 2.04. The molecule has 0 saturated heterocycles. The number of rotatable bonds is 22. The first kappa shape index (κ1) is 38.6. The second-order valence-electron chi connectivity index (χ2n) is 8.55. The van der Waals surface area contributed by atoms with E-state index in [1.54, 1.807) is 21.1 Å². The van der Waals surface area contributed by atoms with Crippen LogP contribution in [0.3, 0.4) is 0 Å².